The first-order valence-corrected chi connectivity index (χ1v) is 15.4. The average Bonchev–Trinajstić information content (AvgIpc) is 2.76. The second kappa shape index (κ2) is 27.8. The highest BCUT2D eigenvalue weighted by molar-refractivity contribution is 7.46. The molecule has 0 saturated carbocycles. The highest BCUT2D eigenvalue weighted by atomic mass is 31.2. The van der Waals surface area contributed by atoms with Crippen LogP contribution in [-0.2, 0) is 13.9 Å². The number of amides is 1. The van der Waals surface area contributed by atoms with Gasteiger partial charge in [0.25, 0.3) is 0 Å². The zero-order valence-corrected chi connectivity index (χ0v) is 23.0. The quantitative estimate of drug-likeness (QED) is 0.0988. The minimum Gasteiger partial charge on any atom is -0.356 e. The van der Waals surface area contributed by atoms with Crippen LogP contribution in [0.1, 0.15) is 149 Å². The summed E-state index contributed by atoms with van der Waals surface area (Å²) >= 11 is 0. The van der Waals surface area contributed by atoms with Gasteiger partial charge in [0.15, 0.2) is 0 Å². The van der Waals surface area contributed by atoms with Crippen LogP contribution in [0.4, 0.5) is 0 Å². The molecule has 0 aromatic rings. The van der Waals surface area contributed by atoms with Gasteiger partial charge in [-0.05, 0) is 19.8 Å². The molecule has 33 heavy (non-hydrogen) atoms. The summed E-state index contributed by atoms with van der Waals surface area (Å²) in [5.74, 6) is 0.267. The first kappa shape index (κ1) is 34.7. The van der Waals surface area contributed by atoms with Crippen molar-refractivity contribution in [3.8, 4) is 0 Å². The Balaban J connectivity index is 0. The summed E-state index contributed by atoms with van der Waals surface area (Å²) in [6.45, 7) is 6.98. The predicted molar refractivity (Wildman–Crippen MR) is 140 cm³/mol. The summed E-state index contributed by atoms with van der Waals surface area (Å²) in [6.07, 6.45) is 26.1. The lowest BCUT2D eigenvalue weighted by atomic mass is 10.1. The number of hydrogen-bond donors (Lipinski definition) is 3. The topological polar surface area (TPSA) is 95.9 Å². The maximum absolute atomic E-state index is 11.8. The maximum atomic E-state index is 11.8. The number of carbonyl (C=O) groups is 1. The van der Waals surface area contributed by atoms with E-state index in [-0.39, 0.29) is 12.5 Å². The van der Waals surface area contributed by atoms with Crippen LogP contribution >= 0.6 is 7.82 Å². The Bertz CT molecular complexity index is 442. The molecule has 0 aromatic carbocycles. The third-order valence-electron chi connectivity index (χ3n) is 5.66. The number of carbonyl (C=O) groups excluding carboxylic acids is 1. The second-order valence-electron chi connectivity index (χ2n) is 9.02. The summed E-state index contributed by atoms with van der Waals surface area (Å²) in [5, 5.41) is 3.09. The van der Waals surface area contributed by atoms with Crippen molar-refractivity contribution in [1.82, 2.24) is 5.32 Å². The van der Waals surface area contributed by atoms with Gasteiger partial charge in [0.1, 0.15) is 0 Å². The van der Waals surface area contributed by atoms with Gasteiger partial charge < -0.3 is 15.1 Å². The molecular formula is C26H56NO5P. The molecule has 0 aliphatic heterocycles. The molecule has 0 rings (SSSR count). The summed E-state index contributed by atoms with van der Waals surface area (Å²) < 4.78 is 13.6. The molecule has 0 fully saturated rings. The number of rotatable bonds is 23. The van der Waals surface area contributed by atoms with Crippen LogP contribution in [0.5, 0.6) is 0 Å². The lowest BCUT2D eigenvalue weighted by Crippen LogP contribution is -2.23. The van der Waals surface area contributed by atoms with E-state index in [9.17, 15) is 9.36 Å². The van der Waals surface area contributed by atoms with E-state index in [1.165, 1.54) is 116 Å². The Morgan fingerprint density at radius 2 is 1.00 bits per heavy atom. The van der Waals surface area contributed by atoms with Crippen molar-refractivity contribution in [3.63, 3.8) is 0 Å². The zero-order chi connectivity index (χ0) is 25.0. The fraction of sp³-hybridized carbons (Fsp3) is 0.962. The number of phosphoric ester groups is 1. The van der Waals surface area contributed by atoms with Gasteiger partial charge in [-0.15, -0.1) is 0 Å². The molecule has 0 aliphatic carbocycles. The van der Waals surface area contributed by atoms with E-state index in [0.29, 0.717) is 0 Å². The summed E-state index contributed by atoms with van der Waals surface area (Å²) in [4.78, 5) is 27.6. The minimum absolute atomic E-state index is 0.0459. The Morgan fingerprint density at radius 3 is 1.33 bits per heavy atom. The number of hydrogen-bond acceptors (Lipinski definition) is 3. The summed E-state index contributed by atoms with van der Waals surface area (Å²) in [7, 11) is -4.17. The van der Waals surface area contributed by atoms with E-state index in [2.05, 4.69) is 23.7 Å². The van der Waals surface area contributed by atoms with Gasteiger partial charge in [-0.2, -0.15) is 0 Å². The molecule has 0 saturated heterocycles. The Labute approximate surface area is 205 Å². The molecule has 200 valence electrons. The van der Waals surface area contributed by atoms with E-state index in [1.807, 2.05) is 0 Å². The third kappa shape index (κ3) is 36.3. The van der Waals surface area contributed by atoms with Gasteiger partial charge >= 0.3 is 7.82 Å². The largest absolute Gasteiger partial charge is 0.469 e. The molecule has 0 aliphatic rings. The van der Waals surface area contributed by atoms with Crippen molar-refractivity contribution in [1.29, 1.82) is 0 Å². The van der Waals surface area contributed by atoms with Crippen molar-refractivity contribution in [2.24, 2.45) is 0 Å². The molecule has 0 atom stereocenters. The van der Waals surface area contributed by atoms with Crippen molar-refractivity contribution in [2.45, 2.75) is 149 Å². The lowest BCUT2D eigenvalue weighted by Gasteiger charge is -2.06. The van der Waals surface area contributed by atoms with Crippen LogP contribution in [0.15, 0.2) is 0 Å². The fourth-order valence-corrected chi connectivity index (χ4v) is 4.03. The fourth-order valence-electron chi connectivity index (χ4n) is 3.69. The average molecular weight is 494 g/mol. The SMILES string of the molecule is CCCCCCCCCCCCNC(=O)CCCCCCCCCCC.CCOP(=O)(O)O. The van der Waals surface area contributed by atoms with Crippen molar-refractivity contribution in [3.05, 3.63) is 0 Å². The van der Waals surface area contributed by atoms with E-state index in [0.717, 1.165) is 25.8 Å². The molecule has 0 radical (unpaired) electrons. The van der Waals surface area contributed by atoms with Crippen molar-refractivity contribution < 1.29 is 23.7 Å². The second-order valence-corrected chi connectivity index (χ2v) is 10.3. The predicted octanol–water partition coefficient (Wildman–Crippen LogP) is 8.06. The minimum atomic E-state index is -4.17. The Morgan fingerprint density at radius 1 is 0.636 bits per heavy atom. The van der Waals surface area contributed by atoms with E-state index < -0.39 is 7.82 Å². The number of phosphoric acid groups is 1. The highest BCUT2D eigenvalue weighted by Crippen LogP contribution is 2.34. The lowest BCUT2D eigenvalue weighted by molar-refractivity contribution is -0.121. The number of unbranched alkanes of at least 4 members (excludes halogenated alkanes) is 17. The van der Waals surface area contributed by atoms with Crippen LogP contribution in [0, 0.1) is 0 Å². The van der Waals surface area contributed by atoms with E-state index in [4.69, 9.17) is 9.79 Å². The molecule has 7 heteroatoms. The number of nitrogens with one attached hydrogen (secondary N) is 1. The van der Waals surface area contributed by atoms with Gasteiger partial charge in [-0.25, -0.2) is 4.57 Å². The smallest absolute Gasteiger partial charge is 0.356 e. The summed E-state index contributed by atoms with van der Waals surface area (Å²) in [6, 6.07) is 0. The van der Waals surface area contributed by atoms with E-state index >= 15 is 0 Å². The van der Waals surface area contributed by atoms with Crippen LogP contribution in [0.2, 0.25) is 0 Å². The monoisotopic (exact) mass is 493 g/mol. The summed E-state index contributed by atoms with van der Waals surface area (Å²) in [5.41, 5.74) is 0. The molecule has 0 bridgehead atoms. The standard InChI is InChI=1S/C24H49NO.C2H7O4P/c1-3-5-7-9-11-13-15-17-19-21-23-25-24(26)22-20-18-16-14-12-10-8-6-4-2;1-2-6-7(3,4)5/h3-23H2,1-2H3,(H,25,26);2H2,1H3,(H2,3,4,5). The molecule has 0 spiro atoms. The zero-order valence-electron chi connectivity index (χ0n) is 22.1. The van der Waals surface area contributed by atoms with Crippen molar-refractivity contribution in [2.75, 3.05) is 13.2 Å². The first-order valence-electron chi connectivity index (χ1n) is 13.8. The van der Waals surface area contributed by atoms with Gasteiger partial charge in [0, 0.05) is 13.0 Å². The van der Waals surface area contributed by atoms with Crippen LogP contribution in [0.25, 0.3) is 0 Å². The Hall–Kier alpha value is -0.420. The molecule has 0 unspecified atom stereocenters. The van der Waals surface area contributed by atoms with Gasteiger partial charge in [0.2, 0.25) is 5.91 Å². The van der Waals surface area contributed by atoms with E-state index in [1.54, 1.807) is 0 Å². The Kier molecular flexibility index (Phi) is 29.3. The molecule has 0 aromatic heterocycles. The van der Waals surface area contributed by atoms with Crippen LogP contribution in [0.3, 0.4) is 0 Å². The molecule has 6 nitrogen and oxygen atoms in total. The first-order chi connectivity index (χ1) is 15.9. The molecule has 3 N–H and O–H groups in total. The molecule has 0 heterocycles. The van der Waals surface area contributed by atoms with Gasteiger partial charge in [0.05, 0.1) is 6.61 Å². The maximum Gasteiger partial charge on any atom is 0.469 e. The highest BCUT2D eigenvalue weighted by Gasteiger charge is 2.10. The third-order valence-corrected chi connectivity index (χ3v) is 6.25. The molecular weight excluding hydrogens is 437 g/mol. The normalized spacial score (nSPS) is 11.2. The van der Waals surface area contributed by atoms with Crippen molar-refractivity contribution >= 4 is 13.7 Å². The van der Waals surface area contributed by atoms with Gasteiger partial charge in [-0.1, -0.05) is 123 Å². The van der Waals surface area contributed by atoms with Crippen LogP contribution in [-0.4, -0.2) is 28.8 Å². The van der Waals surface area contributed by atoms with Crippen LogP contribution < -0.4 is 5.32 Å². The van der Waals surface area contributed by atoms with Gasteiger partial charge in [-0.3, -0.25) is 9.32 Å². The molecule has 1 amide bonds.